The van der Waals surface area contributed by atoms with Crippen molar-refractivity contribution in [1.29, 1.82) is 0 Å². The van der Waals surface area contributed by atoms with Crippen LogP contribution in [0.25, 0.3) is 0 Å². The normalized spacial score (nSPS) is 28.1. The Labute approximate surface area is 118 Å². The van der Waals surface area contributed by atoms with Crippen LogP contribution >= 0.6 is 0 Å². The summed E-state index contributed by atoms with van der Waals surface area (Å²) in [5, 5.41) is 6.15. The number of hydrogen-bond donors (Lipinski definition) is 2. The number of fused-ring (bicyclic) bond motifs is 1. The number of hydrogen-bond acceptors (Lipinski definition) is 4. The van der Waals surface area contributed by atoms with Gasteiger partial charge in [0.05, 0.1) is 17.8 Å². The van der Waals surface area contributed by atoms with E-state index in [0.717, 1.165) is 30.9 Å². The molecule has 2 atom stereocenters. The van der Waals surface area contributed by atoms with E-state index >= 15 is 0 Å². The van der Waals surface area contributed by atoms with Crippen molar-refractivity contribution >= 4 is 11.6 Å². The number of anilines is 1. The van der Waals surface area contributed by atoms with Gasteiger partial charge in [0.2, 0.25) is 0 Å². The molecule has 1 aromatic rings. The quantitative estimate of drug-likeness (QED) is 0.879. The first kappa shape index (κ1) is 13.2. The van der Waals surface area contributed by atoms with Gasteiger partial charge in [-0.15, -0.1) is 0 Å². The molecule has 5 nitrogen and oxygen atoms in total. The molecule has 108 valence electrons. The average molecular weight is 276 g/mol. The highest BCUT2D eigenvalue weighted by Crippen LogP contribution is 2.28. The van der Waals surface area contributed by atoms with Gasteiger partial charge in [0.1, 0.15) is 5.75 Å². The second kappa shape index (κ2) is 5.32. The van der Waals surface area contributed by atoms with Crippen molar-refractivity contribution in [3.05, 3.63) is 24.3 Å². The van der Waals surface area contributed by atoms with Gasteiger partial charge in [-0.2, -0.15) is 0 Å². The first-order valence-corrected chi connectivity index (χ1v) is 7.08. The summed E-state index contributed by atoms with van der Waals surface area (Å²) in [5.74, 6) is 0.631. The van der Waals surface area contributed by atoms with Crippen molar-refractivity contribution in [3.8, 4) is 5.75 Å². The van der Waals surface area contributed by atoms with Crippen molar-refractivity contribution < 1.29 is 14.3 Å². The number of benzene rings is 1. The predicted octanol–water partition coefficient (Wildman–Crippen LogP) is 1.54. The average Bonchev–Trinajstić information content (AvgIpc) is 2.91. The Hall–Kier alpha value is -1.75. The Morgan fingerprint density at radius 1 is 1.50 bits per heavy atom. The van der Waals surface area contributed by atoms with Crippen LogP contribution in [0.3, 0.4) is 0 Å². The summed E-state index contributed by atoms with van der Waals surface area (Å²) in [5.41, 5.74) is 0.706. The number of para-hydroxylation sites is 2. The minimum Gasteiger partial charge on any atom is -0.477 e. The summed E-state index contributed by atoms with van der Waals surface area (Å²) < 4.78 is 11.4. The summed E-state index contributed by atoms with van der Waals surface area (Å²) in [6.45, 7) is 3.84. The monoisotopic (exact) mass is 276 g/mol. The highest BCUT2D eigenvalue weighted by atomic mass is 16.5. The molecule has 0 radical (unpaired) electrons. The van der Waals surface area contributed by atoms with Gasteiger partial charge in [0.15, 0.2) is 6.10 Å². The van der Waals surface area contributed by atoms with Crippen LogP contribution in [0.4, 0.5) is 5.69 Å². The third-order valence-corrected chi connectivity index (χ3v) is 3.86. The summed E-state index contributed by atoms with van der Waals surface area (Å²) >= 11 is 0. The zero-order chi connectivity index (χ0) is 14.0. The molecule has 2 aliphatic rings. The van der Waals surface area contributed by atoms with Gasteiger partial charge in [-0.3, -0.25) is 4.79 Å². The van der Waals surface area contributed by atoms with E-state index < -0.39 is 6.10 Å². The lowest BCUT2D eigenvalue weighted by Gasteiger charge is -2.28. The van der Waals surface area contributed by atoms with Crippen molar-refractivity contribution in [2.45, 2.75) is 31.5 Å². The Bertz CT molecular complexity index is 498. The molecular weight excluding hydrogens is 256 g/mol. The van der Waals surface area contributed by atoms with Crippen LogP contribution in [0, 0.1) is 0 Å². The number of ether oxygens (including phenoxy) is 2. The van der Waals surface area contributed by atoms with E-state index in [9.17, 15) is 4.79 Å². The zero-order valence-electron chi connectivity index (χ0n) is 11.6. The smallest absolute Gasteiger partial charge is 0.263 e. The highest BCUT2D eigenvalue weighted by molar-refractivity contribution is 5.83. The fourth-order valence-corrected chi connectivity index (χ4v) is 2.62. The van der Waals surface area contributed by atoms with E-state index in [1.54, 1.807) is 0 Å². The Morgan fingerprint density at radius 2 is 2.35 bits per heavy atom. The summed E-state index contributed by atoms with van der Waals surface area (Å²) in [6.07, 6.45) is 1.55. The third kappa shape index (κ3) is 2.72. The molecule has 1 aromatic carbocycles. The van der Waals surface area contributed by atoms with Crippen LogP contribution in [0.1, 0.15) is 19.8 Å². The number of nitrogens with one attached hydrogen (secondary N) is 2. The molecule has 2 N–H and O–H groups in total. The van der Waals surface area contributed by atoms with Crippen LogP contribution in [-0.2, 0) is 9.53 Å². The first-order chi connectivity index (χ1) is 9.66. The molecule has 1 amide bonds. The molecule has 0 aliphatic carbocycles. The second-order valence-electron chi connectivity index (χ2n) is 5.60. The van der Waals surface area contributed by atoms with Gasteiger partial charge in [-0.25, -0.2) is 0 Å². The molecular formula is C15H20N2O3. The van der Waals surface area contributed by atoms with Gasteiger partial charge < -0.3 is 20.1 Å². The molecule has 0 aromatic heterocycles. The standard InChI is InChI=1S/C15H20N2O3/c1-15(7-4-8-19-15)10-17-14(18)13-9-16-11-5-2-3-6-12(11)20-13/h2-3,5-6,13,16H,4,7-10H2,1H3,(H,17,18). The number of rotatable bonds is 3. The Kier molecular flexibility index (Phi) is 3.53. The zero-order valence-corrected chi connectivity index (χ0v) is 11.6. The van der Waals surface area contributed by atoms with Crippen LogP contribution in [0.15, 0.2) is 24.3 Å². The van der Waals surface area contributed by atoms with Crippen LogP contribution in [-0.4, -0.2) is 37.3 Å². The van der Waals surface area contributed by atoms with Crippen molar-refractivity contribution in [1.82, 2.24) is 5.32 Å². The van der Waals surface area contributed by atoms with E-state index in [1.807, 2.05) is 31.2 Å². The van der Waals surface area contributed by atoms with Gasteiger partial charge in [-0.05, 0) is 31.9 Å². The lowest BCUT2D eigenvalue weighted by molar-refractivity contribution is -0.128. The molecule has 1 saturated heterocycles. The minimum atomic E-state index is -0.491. The maximum atomic E-state index is 12.2. The molecule has 2 unspecified atom stereocenters. The van der Waals surface area contributed by atoms with Crippen LogP contribution in [0.5, 0.6) is 5.75 Å². The minimum absolute atomic E-state index is 0.0938. The van der Waals surface area contributed by atoms with Gasteiger partial charge in [0, 0.05) is 13.2 Å². The van der Waals surface area contributed by atoms with Crippen LogP contribution < -0.4 is 15.4 Å². The molecule has 0 saturated carbocycles. The number of amides is 1. The predicted molar refractivity (Wildman–Crippen MR) is 75.9 cm³/mol. The van der Waals surface area contributed by atoms with E-state index in [0.29, 0.717) is 13.1 Å². The molecule has 3 rings (SSSR count). The van der Waals surface area contributed by atoms with Gasteiger partial charge >= 0.3 is 0 Å². The maximum Gasteiger partial charge on any atom is 0.263 e. The second-order valence-corrected chi connectivity index (χ2v) is 5.60. The molecule has 2 heterocycles. The lowest BCUT2D eigenvalue weighted by Crippen LogP contribution is -2.49. The van der Waals surface area contributed by atoms with E-state index in [-0.39, 0.29) is 11.5 Å². The molecule has 5 heteroatoms. The topological polar surface area (TPSA) is 59.6 Å². The summed E-state index contributed by atoms with van der Waals surface area (Å²) in [6, 6.07) is 7.64. The first-order valence-electron chi connectivity index (χ1n) is 7.08. The van der Waals surface area contributed by atoms with E-state index in [1.165, 1.54) is 0 Å². The third-order valence-electron chi connectivity index (χ3n) is 3.86. The lowest BCUT2D eigenvalue weighted by atomic mass is 10.0. The SMILES string of the molecule is CC1(CNC(=O)C2CNc3ccccc3O2)CCCO1. The van der Waals surface area contributed by atoms with Crippen molar-refractivity contribution in [3.63, 3.8) is 0 Å². The Balaban J connectivity index is 1.56. The van der Waals surface area contributed by atoms with E-state index in [2.05, 4.69) is 10.6 Å². The van der Waals surface area contributed by atoms with Gasteiger partial charge in [-0.1, -0.05) is 12.1 Å². The number of carbonyl (C=O) groups is 1. The molecule has 1 fully saturated rings. The summed E-state index contributed by atoms with van der Waals surface area (Å²) in [7, 11) is 0. The molecule has 0 spiro atoms. The van der Waals surface area contributed by atoms with E-state index in [4.69, 9.17) is 9.47 Å². The molecule has 20 heavy (non-hydrogen) atoms. The van der Waals surface area contributed by atoms with Crippen molar-refractivity contribution in [2.24, 2.45) is 0 Å². The summed E-state index contributed by atoms with van der Waals surface area (Å²) in [4.78, 5) is 12.2. The van der Waals surface area contributed by atoms with Crippen molar-refractivity contribution in [2.75, 3.05) is 25.0 Å². The highest BCUT2D eigenvalue weighted by Gasteiger charge is 2.32. The fourth-order valence-electron chi connectivity index (χ4n) is 2.62. The molecule has 2 aliphatic heterocycles. The number of carbonyl (C=O) groups excluding carboxylic acids is 1. The van der Waals surface area contributed by atoms with Gasteiger partial charge in [0.25, 0.3) is 5.91 Å². The molecule has 0 bridgehead atoms. The van der Waals surface area contributed by atoms with Crippen LogP contribution in [0.2, 0.25) is 0 Å². The largest absolute Gasteiger partial charge is 0.477 e. The maximum absolute atomic E-state index is 12.2. The Morgan fingerprint density at radius 3 is 3.15 bits per heavy atom. The fraction of sp³-hybridized carbons (Fsp3) is 0.533.